The van der Waals surface area contributed by atoms with Gasteiger partial charge in [-0.05, 0) is 48.2 Å². The molecule has 0 spiro atoms. The molecule has 5 nitrogen and oxygen atoms in total. The number of benzene rings is 1. The number of carbonyl (C=O) groups excluding carboxylic acids is 2. The van der Waals surface area contributed by atoms with E-state index in [1.807, 2.05) is 0 Å². The Morgan fingerprint density at radius 1 is 1.24 bits per heavy atom. The van der Waals surface area contributed by atoms with Gasteiger partial charge in [0.05, 0.1) is 6.04 Å². The van der Waals surface area contributed by atoms with Crippen LogP contribution in [0.3, 0.4) is 0 Å². The molecule has 2 aromatic heterocycles. The van der Waals surface area contributed by atoms with Crippen LogP contribution in [-0.4, -0.2) is 21.7 Å². The third-order valence-corrected chi connectivity index (χ3v) is 4.93. The molecule has 0 N–H and O–H groups in total. The molecule has 0 saturated carbocycles. The van der Waals surface area contributed by atoms with Gasteiger partial charge in [0.15, 0.2) is 5.65 Å². The van der Waals surface area contributed by atoms with E-state index in [1.54, 1.807) is 48.5 Å². The highest BCUT2D eigenvalue weighted by Crippen LogP contribution is 2.39. The van der Waals surface area contributed by atoms with Gasteiger partial charge >= 0.3 is 0 Å². The van der Waals surface area contributed by atoms with E-state index in [0.29, 0.717) is 16.5 Å². The number of nitrogens with zero attached hydrogens (tertiary/aromatic N) is 3. The molecule has 0 unspecified atom stereocenters. The van der Waals surface area contributed by atoms with Crippen molar-refractivity contribution < 1.29 is 21.9 Å². The summed E-state index contributed by atoms with van der Waals surface area (Å²) in [5.74, 6) is -4.72. The zero-order valence-corrected chi connectivity index (χ0v) is 15.9. The van der Waals surface area contributed by atoms with E-state index in [1.165, 1.54) is 4.90 Å². The molecule has 4 rings (SSSR count). The molecule has 0 fully saturated rings. The highest BCUT2D eigenvalue weighted by atomic mass is 35.5. The lowest BCUT2D eigenvalue weighted by atomic mass is 9.97. The largest absolute Gasteiger partial charge is 0.300 e. The van der Waals surface area contributed by atoms with Crippen molar-refractivity contribution in [2.24, 2.45) is 5.89 Å². The standard InChI is InChI=1S/C23H22ClN3O2/c1-14(2)7-10-16(28)13-19-17-5-3-4-6-18(17)23(29)27(19)21-12-9-15-8-11-20(24)25-22(15)26-21/h3-6,8-9,11-12,14,19H,7,10,13H2,1-2H3/t19-/m0/s1/i1D3,2D3,7D2,14D. The number of hydrogen-bond acceptors (Lipinski definition) is 4. The number of aromatic nitrogens is 2. The first kappa shape index (κ1) is 11.4. The molecule has 3 aromatic rings. The number of Topliss-reactive ketones (excluding diaryl/α,β-unsaturated/α-hetero) is 1. The molecular weight excluding hydrogens is 386 g/mol. The summed E-state index contributed by atoms with van der Waals surface area (Å²) in [7, 11) is 0. The number of carbonyl (C=O) groups is 2. The Morgan fingerprint density at radius 3 is 2.86 bits per heavy atom. The van der Waals surface area contributed by atoms with E-state index < -0.39 is 56.5 Å². The fraction of sp³-hybridized carbons (Fsp3) is 0.304. The number of amides is 1. The zero-order valence-electron chi connectivity index (χ0n) is 24.1. The quantitative estimate of drug-likeness (QED) is 0.506. The number of anilines is 1. The Balaban J connectivity index is 1.71. The van der Waals surface area contributed by atoms with Crippen LogP contribution in [0, 0.1) is 5.89 Å². The SMILES string of the molecule is [2H]C([2H])([2H])C([2H])(C([2H])([2H])[2H])C([2H])([2H])CC(=O)C[C@H]1c2ccccc2C(=O)N1c1ccc2ccc(Cl)nc2n1. The van der Waals surface area contributed by atoms with Crippen molar-refractivity contribution in [1.29, 1.82) is 0 Å². The molecule has 3 heterocycles. The van der Waals surface area contributed by atoms with E-state index in [4.69, 9.17) is 23.9 Å². The van der Waals surface area contributed by atoms with Gasteiger partial charge in [-0.1, -0.05) is 43.5 Å². The predicted octanol–water partition coefficient (Wildman–Crippen LogP) is 5.38. The minimum atomic E-state index is -3.56. The van der Waals surface area contributed by atoms with Gasteiger partial charge in [-0.25, -0.2) is 9.97 Å². The highest BCUT2D eigenvalue weighted by Gasteiger charge is 2.39. The molecule has 6 heteroatoms. The first-order valence-corrected chi connectivity index (χ1v) is 9.23. The summed E-state index contributed by atoms with van der Waals surface area (Å²) >= 11 is 5.98. The van der Waals surface area contributed by atoms with E-state index >= 15 is 0 Å². The topological polar surface area (TPSA) is 63.2 Å². The molecule has 1 aliphatic heterocycles. The minimum absolute atomic E-state index is 0.161. The van der Waals surface area contributed by atoms with Crippen molar-refractivity contribution >= 4 is 40.1 Å². The monoisotopic (exact) mass is 416 g/mol. The lowest BCUT2D eigenvalue weighted by Gasteiger charge is -2.24. The number of rotatable bonds is 6. The van der Waals surface area contributed by atoms with Crippen molar-refractivity contribution in [3.8, 4) is 0 Å². The van der Waals surface area contributed by atoms with Gasteiger partial charge in [-0.2, -0.15) is 0 Å². The normalized spacial score (nSPS) is 22.2. The van der Waals surface area contributed by atoms with Crippen molar-refractivity contribution in [3.63, 3.8) is 0 Å². The third kappa shape index (κ3) is 3.87. The van der Waals surface area contributed by atoms with Crippen LogP contribution in [-0.2, 0) is 4.79 Å². The summed E-state index contributed by atoms with van der Waals surface area (Å²) in [6.07, 6.45) is -4.87. The molecule has 0 bridgehead atoms. The Bertz CT molecular complexity index is 1410. The summed E-state index contributed by atoms with van der Waals surface area (Å²) in [5, 5.41) is 0.846. The van der Waals surface area contributed by atoms with Crippen LogP contribution in [0.5, 0.6) is 0 Å². The maximum Gasteiger partial charge on any atom is 0.260 e. The molecule has 0 radical (unpaired) electrons. The Morgan fingerprint density at radius 2 is 2.03 bits per heavy atom. The summed E-state index contributed by atoms with van der Waals surface area (Å²) in [4.78, 5) is 36.4. The van der Waals surface area contributed by atoms with E-state index in [2.05, 4.69) is 9.97 Å². The van der Waals surface area contributed by atoms with Crippen LogP contribution >= 0.6 is 11.6 Å². The first-order valence-electron chi connectivity index (χ1n) is 13.4. The average molecular weight is 417 g/mol. The lowest BCUT2D eigenvalue weighted by Crippen LogP contribution is -2.30. The average Bonchev–Trinajstić information content (AvgIpc) is 3.07. The summed E-state index contributed by atoms with van der Waals surface area (Å²) in [5.41, 5.74) is 1.03. The van der Waals surface area contributed by atoms with Crippen molar-refractivity contribution in [2.45, 2.75) is 39.0 Å². The number of pyridine rings is 2. The van der Waals surface area contributed by atoms with Gasteiger partial charge in [0.2, 0.25) is 0 Å². The smallest absolute Gasteiger partial charge is 0.260 e. The van der Waals surface area contributed by atoms with E-state index in [9.17, 15) is 9.59 Å². The second-order valence-electron chi connectivity index (χ2n) is 6.60. The maximum absolute atomic E-state index is 13.4. The van der Waals surface area contributed by atoms with Gasteiger partial charge in [-0.3, -0.25) is 14.5 Å². The van der Waals surface area contributed by atoms with Crippen molar-refractivity contribution in [1.82, 2.24) is 9.97 Å². The Kier molecular flexibility index (Phi) is 3.11. The maximum atomic E-state index is 13.4. The van der Waals surface area contributed by atoms with Crippen LogP contribution in [0.15, 0.2) is 48.5 Å². The summed E-state index contributed by atoms with van der Waals surface area (Å²) < 4.78 is 70.1. The fourth-order valence-electron chi connectivity index (χ4n) is 3.43. The summed E-state index contributed by atoms with van der Waals surface area (Å²) in [6.45, 7) is -7.10. The molecule has 1 amide bonds. The molecule has 148 valence electrons. The zero-order chi connectivity index (χ0) is 28.3. The number of ketones is 1. The molecule has 0 saturated heterocycles. The van der Waals surface area contributed by atoms with Crippen LogP contribution < -0.4 is 4.90 Å². The first-order chi connectivity index (χ1) is 17.5. The molecule has 1 aromatic carbocycles. The van der Waals surface area contributed by atoms with E-state index in [0.717, 1.165) is 0 Å². The van der Waals surface area contributed by atoms with Crippen molar-refractivity contribution in [2.75, 3.05) is 4.90 Å². The van der Waals surface area contributed by atoms with Crippen LogP contribution in [0.1, 0.15) is 67.2 Å². The van der Waals surface area contributed by atoms with Crippen LogP contribution in [0.2, 0.25) is 5.15 Å². The molecule has 0 aliphatic carbocycles. The molecule has 1 aliphatic rings. The number of hydrogen-bond donors (Lipinski definition) is 0. The molecule has 29 heavy (non-hydrogen) atoms. The molecule has 1 atom stereocenters. The Hall–Kier alpha value is -2.79. The predicted molar refractivity (Wildman–Crippen MR) is 114 cm³/mol. The van der Waals surface area contributed by atoms with E-state index in [-0.39, 0.29) is 16.6 Å². The van der Waals surface area contributed by atoms with Crippen LogP contribution in [0.4, 0.5) is 5.82 Å². The summed E-state index contributed by atoms with van der Waals surface area (Å²) in [6, 6.07) is 12.1. The number of fused-ring (bicyclic) bond motifs is 2. The van der Waals surface area contributed by atoms with Gasteiger partial charge < -0.3 is 0 Å². The lowest BCUT2D eigenvalue weighted by molar-refractivity contribution is -0.119. The van der Waals surface area contributed by atoms with Gasteiger partial charge in [0.25, 0.3) is 5.91 Å². The van der Waals surface area contributed by atoms with Gasteiger partial charge in [0.1, 0.15) is 16.8 Å². The van der Waals surface area contributed by atoms with Crippen molar-refractivity contribution in [3.05, 3.63) is 64.8 Å². The Labute approximate surface area is 187 Å². The van der Waals surface area contributed by atoms with Gasteiger partial charge in [-0.15, -0.1) is 0 Å². The third-order valence-electron chi connectivity index (χ3n) is 4.71. The second kappa shape index (κ2) is 7.91. The fourth-order valence-corrected chi connectivity index (χ4v) is 3.58. The van der Waals surface area contributed by atoms with Gasteiger partial charge in [0, 0.05) is 36.1 Å². The van der Waals surface area contributed by atoms with Crippen LogP contribution in [0.25, 0.3) is 11.0 Å². The minimum Gasteiger partial charge on any atom is -0.300 e. The number of halogens is 1. The molecular formula is C23H22ClN3O2. The second-order valence-corrected chi connectivity index (χ2v) is 6.99. The highest BCUT2D eigenvalue weighted by molar-refractivity contribution is 6.29.